The number of hydrogen-bond donors (Lipinski definition) is 1. The van der Waals surface area contributed by atoms with Crippen LogP contribution in [0.5, 0.6) is 0 Å². The van der Waals surface area contributed by atoms with Gasteiger partial charge in [0, 0.05) is 25.4 Å². The third-order valence-corrected chi connectivity index (χ3v) is 5.77. The predicted octanol–water partition coefficient (Wildman–Crippen LogP) is 4.48. The van der Waals surface area contributed by atoms with Crippen LogP contribution in [0.3, 0.4) is 0 Å². The summed E-state index contributed by atoms with van der Waals surface area (Å²) in [6, 6.07) is 20.3. The molecule has 0 aliphatic heterocycles. The number of para-hydroxylation sites is 1. The van der Waals surface area contributed by atoms with E-state index in [1.807, 2.05) is 62.4 Å². The van der Waals surface area contributed by atoms with Crippen molar-refractivity contribution in [1.82, 2.24) is 14.7 Å². The third kappa shape index (κ3) is 5.50. The summed E-state index contributed by atoms with van der Waals surface area (Å²) >= 11 is 0. The molecule has 8 nitrogen and oxygen atoms in total. The lowest BCUT2D eigenvalue weighted by atomic mass is 10.1. The minimum atomic E-state index is -0.340. The van der Waals surface area contributed by atoms with Gasteiger partial charge in [0.05, 0.1) is 18.6 Å². The maximum absolute atomic E-state index is 13.7. The molecule has 4 rings (SSSR count). The van der Waals surface area contributed by atoms with Crippen LogP contribution in [0.2, 0.25) is 0 Å². The summed E-state index contributed by atoms with van der Waals surface area (Å²) in [5, 5.41) is 7.55. The first-order valence-electron chi connectivity index (χ1n) is 11.3. The van der Waals surface area contributed by atoms with Crippen molar-refractivity contribution in [1.29, 1.82) is 0 Å². The Hall–Kier alpha value is -4.17. The molecule has 2 aromatic carbocycles. The van der Waals surface area contributed by atoms with Gasteiger partial charge in [0.15, 0.2) is 5.76 Å². The normalized spacial score (nSPS) is 10.8. The number of amides is 2. The molecule has 0 aliphatic rings. The van der Waals surface area contributed by atoms with Crippen LogP contribution in [-0.2, 0) is 9.53 Å². The number of carbonyl (C=O) groups is 2. The highest BCUT2D eigenvalue weighted by molar-refractivity contribution is 5.99. The Labute approximate surface area is 204 Å². The Morgan fingerprint density at radius 2 is 1.86 bits per heavy atom. The molecule has 8 heteroatoms. The summed E-state index contributed by atoms with van der Waals surface area (Å²) in [6.45, 7) is 4.33. The summed E-state index contributed by atoms with van der Waals surface area (Å²) in [6.07, 6.45) is 1.56. The molecule has 0 aliphatic carbocycles. The molecule has 0 unspecified atom stereocenters. The molecule has 35 heavy (non-hydrogen) atoms. The molecule has 4 aromatic rings. The molecule has 0 fully saturated rings. The van der Waals surface area contributed by atoms with E-state index in [1.54, 1.807) is 36.3 Å². The maximum atomic E-state index is 13.7. The second kappa shape index (κ2) is 10.8. The largest absolute Gasteiger partial charge is 0.463 e. The van der Waals surface area contributed by atoms with Gasteiger partial charge in [-0.15, -0.1) is 0 Å². The van der Waals surface area contributed by atoms with E-state index in [4.69, 9.17) is 9.15 Å². The number of hydrogen-bond acceptors (Lipinski definition) is 5. The van der Waals surface area contributed by atoms with Crippen LogP contribution in [0.4, 0.5) is 5.69 Å². The van der Waals surface area contributed by atoms with E-state index in [0.29, 0.717) is 17.1 Å². The summed E-state index contributed by atoms with van der Waals surface area (Å²) in [7, 11) is 1.56. The van der Waals surface area contributed by atoms with Crippen LogP contribution in [0.25, 0.3) is 17.1 Å². The van der Waals surface area contributed by atoms with Crippen molar-refractivity contribution in [2.24, 2.45) is 0 Å². The number of anilines is 1. The number of rotatable bonds is 9. The first-order chi connectivity index (χ1) is 17.0. The fraction of sp³-hybridized carbons (Fsp3) is 0.222. The molecule has 180 valence electrons. The standard InChI is InChI=1S/C27H28N4O4/c1-19-9-7-12-22(20(19)2)28-26(32)18-30(14-16-34-3)27(33)24-17-23(25-13-8-15-35-25)29-31(24)21-10-5-4-6-11-21/h4-13,15,17H,14,16,18H2,1-3H3,(H,28,32). The Morgan fingerprint density at radius 3 is 2.57 bits per heavy atom. The second-order valence-corrected chi connectivity index (χ2v) is 8.15. The molecule has 2 heterocycles. The van der Waals surface area contributed by atoms with Crippen LogP contribution in [0.1, 0.15) is 21.6 Å². The predicted molar refractivity (Wildman–Crippen MR) is 134 cm³/mol. The molecule has 2 aromatic heterocycles. The molecule has 0 saturated heterocycles. The molecule has 0 bridgehead atoms. The third-order valence-electron chi connectivity index (χ3n) is 5.77. The zero-order valence-corrected chi connectivity index (χ0v) is 20.0. The first-order valence-corrected chi connectivity index (χ1v) is 11.3. The zero-order chi connectivity index (χ0) is 24.8. The van der Waals surface area contributed by atoms with Gasteiger partial charge in [-0.05, 0) is 55.3 Å². The Morgan fingerprint density at radius 1 is 1.06 bits per heavy atom. The highest BCUT2D eigenvalue weighted by Crippen LogP contribution is 2.23. The van der Waals surface area contributed by atoms with Crippen LogP contribution in [0, 0.1) is 13.8 Å². The number of benzene rings is 2. The van der Waals surface area contributed by atoms with Gasteiger partial charge in [0.1, 0.15) is 17.9 Å². The number of ether oxygens (including phenoxy) is 1. The first kappa shape index (κ1) is 24.0. The minimum Gasteiger partial charge on any atom is -0.463 e. The molecule has 0 atom stereocenters. The van der Waals surface area contributed by atoms with E-state index in [2.05, 4.69) is 10.4 Å². The van der Waals surface area contributed by atoms with Crippen molar-refractivity contribution in [3.05, 3.63) is 89.8 Å². The van der Waals surface area contributed by atoms with Gasteiger partial charge in [-0.1, -0.05) is 30.3 Å². The highest BCUT2D eigenvalue weighted by Gasteiger charge is 2.25. The lowest BCUT2D eigenvalue weighted by molar-refractivity contribution is -0.117. The number of furan rings is 1. The van der Waals surface area contributed by atoms with E-state index >= 15 is 0 Å². The van der Waals surface area contributed by atoms with Gasteiger partial charge in [-0.3, -0.25) is 9.59 Å². The quantitative estimate of drug-likeness (QED) is 0.388. The van der Waals surface area contributed by atoms with Gasteiger partial charge in [-0.2, -0.15) is 5.10 Å². The lowest BCUT2D eigenvalue weighted by Crippen LogP contribution is -2.40. The zero-order valence-electron chi connectivity index (χ0n) is 20.0. The topological polar surface area (TPSA) is 89.6 Å². The van der Waals surface area contributed by atoms with E-state index in [1.165, 1.54) is 4.90 Å². The molecule has 0 saturated carbocycles. The number of aromatic nitrogens is 2. The summed E-state index contributed by atoms with van der Waals surface area (Å²) in [4.78, 5) is 28.1. The fourth-order valence-corrected chi connectivity index (χ4v) is 3.71. The average molecular weight is 473 g/mol. The van der Waals surface area contributed by atoms with E-state index < -0.39 is 0 Å². The molecule has 2 amide bonds. The van der Waals surface area contributed by atoms with Gasteiger partial charge < -0.3 is 19.4 Å². The van der Waals surface area contributed by atoms with E-state index in [9.17, 15) is 9.59 Å². The van der Waals surface area contributed by atoms with E-state index in [0.717, 1.165) is 22.5 Å². The smallest absolute Gasteiger partial charge is 0.273 e. The summed E-state index contributed by atoms with van der Waals surface area (Å²) in [5.41, 5.74) is 4.35. The Bertz CT molecular complexity index is 1300. The Kier molecular flexibility index (Phi) is 7.42. The summed E-state index contributed by atoms with van der Waals surface area (Å²) < 4.78 is 12.3. The number of aryl methyl sites for hydroxylation is 1. The van der Waals surface area contributed by atoms with Gasteiger partial charge in [0.25, 0.3) is 5.91 Å². The van der Waals surface area contributed by atoms with E-state index in [-0.39, 0.29) is 31.5 Å². The number of carbonyl (C=O) groups excluding carboxylic acids is 2. The minimum absolute atomic E-state index is 0.133. The van der Waals surface area contributed by atoms with Crippen LogP contribution >= 0.6 is 0 Å². The molecular weight excluding hydrogens is 444 g/mol. The van der Waals surface area contributed by atoms with Crippen LogP contribution in [-0.4, -0.2) is 53.3 Å². The maximum Gasteiger partial charge on any atom is 0.273 e. The number of nitrogens with zero attached hydrogens (tertiary/aromatic N) is 3. The molecule has 1 N–H and O–H groups in total. The molecule has 0 spiro atoms. The van der Waals surface area contributed by atoms with Crippen LogP contribution < -0.4 is 5.32 Å². The molecular formula is C27H28N4O4. The Balaban J connectivity index is 1.64. The fourth-order valence-electron chi connectivity index (χ4n) is 3.71. The monoisotopic (exact) mass is 472 g/mol. The number of nitrogens with one attached hydrogen (secondary N) is 1. The van der Waals surface area contributed by atoms with Crippen molar-refractivity contribution in [2.45, 2.75) is 13.8 Å². The van der Waals surface area contributed by atoms with Crippen molar-refractivity contribution in [3.8, 4) is 17.1 Å². The summed E-state index contributed by atoms with van der Waals surface area (Å²) in [5.74, 6) is -0.0858. The van der Waals surface area contributed by atoms with Crippen LogP contribution in [0.15, 0.2) is 77.4 Å². The lowest BCUT2D eigenvalue weighted by Gasteiger charge is -2.22. The van der Waals surface area contributed by atoms with Crippen molar-refractivity contribution >= 4 is 17.5 Å². The van der Waals surface area contributed by atoms with Crippen molar-refractivity contribution in [2.75, 3.05) is 32.1 Å². The molecule has 0 radical (unpaired) electrons. The SMILES string of the molecule is COCCN(CC(=O)Nc1cccc(C)c1C)C(=O)c1cc(-c2ccco2)nn1-c1ccccc1. The van der Waals surface area contributed by atoms with Crippen molar-refractivity contribution in [3.63, 3.8) is 0 Å². The van der Waals surface area contributed by atoms with Gasteiger partial charge >= 0.3 is 0 Å². The second-order valence-electron chi connectivity index (χ2n) is 8.15. The van der Waals surface area contributed by atoms with Crippen molar-refractivity contribution < 1.29 is 18.7 Å². The average Bonchev–Trinajstić information content (AvgIpc) is 3.55. The number of methoxy groups -OCH3 is 1. The highest BCUT2D eigenvalue weighted by atomic mass is 16.5. The van der Waals surface area contributed by atoms with Gasteiger partial charge in [-0.25, -0.2) is 4.68 Å². The van der Waals surface area contributed by atoms with Gasteiger partial charge in [0.2, 0.25) is 5.91 Å².